The quantitative estimate of drug-likeness (QED) is 0.702. The summed E-state index contributed by atoms with van der Waals surface area (Å²) >= 11 is 0. The molecule has 1 rings (SSSR count). The van der Waals surface area contributed by atoms with Crippen molar-refractivity contribution in [2.24, 2.45) is 16.7 Å². The first-order chi connectivity index (χ1) is 10.5. The molecule has 23 heavy (non-hydrogen) atoms. The van der Waals surface area contributed by atoms with Crippen LogP contribution in [0.5, 0.6) is 0 Å². The molecule has 3 N–H and O–H groups in total. The summed E-state index contributed by atoms with van der Waals surface area (Å²) in [6, 6.07) is -0.137. The first-order valence-corrected chi connectivity index (χ1v) is 8.83. The van der Waals surface area contributed by atoms with E-state index < -0.39 is 0 Å². The molecule has 1 fully saturated rings. The summed E-state index contributed by atoms with van der Waals surface area (Å²) in [5.41, 5.74) is -0.0318. The molecule has 1 aliphatic rings. The SMILES string of the molecule is C[C@H](O)CC(C)(C)CNC(=O)NC[C@@H]1CCCO[C@H]1C(C)(C)C. The molecule has 2 amide bonds. The monoisotopic (exact) mass is 328 g/mol. The summed E-state index contributed by atoms with van der Waals surface area (Å²) in [7, 11) is 0. The van der Waals surface area contributed by atoms with Gasteiger partial charge in [-0.05, 0) is 37.0 Å². The van der Waals surface area contributed by atoms with E-state index in [-0.39, 0.29) is 29.1 Å². The van der Waals surface area contributed by atoms with E-state index in [0.29, 0.717) is 25.4 Å². The third kappa shape index (κ3) is 7.53. The van der Waals surface area contributed by atoms with Crippen molar-refractivity contribution >= 4 is 6.03 Å². The Morgan fingerprint density at radius 3 is 2.48 bits per heavy atom. The second-order valence-electron chi connectivity index (χ2n) is 8.84. The molecule has 0 radical (unpaired) electrons. The van der Waals surface area contributed by atoms with Crippen molar-refractivity contribution in [2.75, 3.05) is 19.7 Å². The minimum atomic E-state index is -0.359. The molecule has 0 spiro atoms. The maximum absolute atomic E-state index is 12.0. The molecule has 5 heteroatoms. The highest BCUT2D eigenvalue weighted by Crippen LogP contribution is 2.33. The number of carbonyl (C=O) groups is 1. The summed E-state index contributed by atoms with van der Waals surface area (Å²) in [5, 5.41) is 15.4. The number of amides is 2. The predicted octanol–water partition coefficient (Wildman–Crippen LogP) is 2.92. The van der Waals surface area contributed by atoms with E-state index in [2.05, 4.69) is 31.4 Å². The first-order valence-electron chi connectivity index (χ1n) is 8.83. The van der Waals surface area contributed by atoms with E-state index in [0.717, 1.165) is 19.4 Å². The van der Waals surface area contributed by atoms with Gasteiger partial charge in [0, 0.05) is 25.6 Å². The minimum Gasteiger partial charge on any atom is -0.393 e. The second kappa shape index (κ2) is 8.34. The van der Waals surface area contributed by atoms with Crippen molar-refractivity contribution < 1.29 is 14.6 Å². The maximum Gasteiger partial charge on any atom is 0.314 e. The second-order valence-corrected chi connectivity index (χ2v) is 8.84. The first kappa shape index (κ1) is 20.2. The van der Waals surface area contributed by atoms with Crippen molar-refractivity contribution in [1.29, 1.82) is 0 Å². The number of aliphatic hydroxyl groups is 1. The molecule has 0 aromatic rings. The Balaban J connectivity index is 2.40. The lowest BCUT2D eigenvalue weighted by molar-refractivity contribution is -0.0838. The number of hydrogen-bond acceptors (Lipinski definition) is 3. The molecule has 0 unspecified atom stereocenters. The Kier molecular flexibility index (Phi) is 7.33. The fourth-order valence-electron chi connectivity index (χ4n) is 3.49. The molecular formula is C18H36N2O3. The number of aliphatic hydroxyl groups excluding tert-OH is 1. The summed E-state index contributed by atoms with van der Waals surface area (Å²) in [6.45, 7) is 14.4. The summed E-state index contributed by atoms with van der Waals surface area (Å²) < 4.78 is 5.95. The molecule has 3 atom stereocenters. The van der Waals surface area contributed by atoms with Gasteiger partial charge in [-0.1, -0.05) is 34.6 Å². The molecule has 0 bridgehead atoms. The van der Waals surface area contributed by atoms with Gasteiger partial charge in [0.05, 0.1) is 12.2 Å². The number of rotatable bonds is 6. The molecule has 0 aliphatic carbocycles. The highest BCUT2D eigenvalue weighted by Gasteiger charge is 2.35. The maximum atomic E-state index is 12.0. The Labute approximate surface area is 141 Å². The Morgan fingerprint density at radius 2 is 1.91 bits per heavy atom. The number of urea groups is 1. The van der Waals surface area contributed by atoms with Gasteiger partial charge < -0.3 is 20.5 Å². The van der Waals surface area contributed by atoms with Crippen molar-refractivity contribution in [3.63, 3.8) is 0 Å². The molecule has 0 aromatic heterocycles. The number of ether oxygens (including phenoxy) is 1. The van der Waals surface area contributed by atoms with Gasteiger partial charge in [-0.2, -0.15) is 0 Å². The lowest BCUT2D eigenvalue weighted by atomic mass is 9.78. The van der Waals surface area contributed by atoms with Gasteiger partial charge in [0.25, 0.3) is 0 Å². The van der Waals surface area contributed by atoms with Crippen LogP contribution in [0.25, 0.3) is 0 Å². The average Bonchev–Trinajstić information content (AvgIpc) is 2.41. The predicted molar refractivity (Wildman–Crippen MR) is 93.4 cm³/mol. The van der Waals surface area contributed by atoms with Crippen molar-refractivity contribution in [3.05, 3.63) is 0 Å². The van der Waals surface area contributed by atoms with Gasteiger partial charge in [0.1, 0.15) is 0 Å². The van der Waals surface area contributed by atoms with Crippen LogP contribution < -0.4 is 10.6 Å². The van der Waals surface area contributed by atoms with Gasteiger partial charge in [-0.3, -0.25) is 0 Å². The number of carbonyl (C=O) groups excluding carboxylic acids is 1. The molecule has 0 aromatic carbocycles. The molecule has 5 nitrogen and oxygen atoms in total. The molecule has 1 saturated heterocycles. The van der Waals surface area contributed by atoms with E-state index in [1.807, 2.05) is 13.8 Å². The van der Waals surface area contributed by atoms with Gasteiger partial charge in [0.2, 0.25) is 0 Å². The highest BCUT2D eigenvalue weighted by atomic mass is 16.5. The smallest absolute Gasteiger partial charge is 0.314 e. The van der Waals surface area contributed by atoms with Crippen LogP contribution in [0.15, 0.2) is 0 Å². The molecule has 0 saturated carbocycles. The summed E-state index contributed by atoms with van der Waals surface area (Å²) in [5.74, 6) is 0.361. The lowest BCUT2D eigenvalue weighted by Gasteiger charge is -2.40. The van der Waals surface area contributed by atoms with Gasteiger partial charge in [0.15, 0.2) is 0 Å². The van der Waals surface area contributed by atoms with E-state index in [1.165, 1.54) is 0 Å². The standard InChI is InChI=1S/C18H36N2O3/c1-13(21)10-18(5,6)12-20-16(22)19-11-14-8-7-9-23-15(14)17(2,3)4/h13-15,21H,7-12H2,1-6H3,(H2,19,20,22)/t13-,14-,15+/m0/s1. The fraction of sp³-hybridized carbons (Fsp3) is 0.944. The van der Waals surface area contributed by atoms with Gasteiger partial charge in [-0.25, -0.2) is 4.79 Å². The summed E-state index contributed by atoms with van der Waals surface area (Å²) in [4.78, 5) is 12.0. The van der Waals surface area contributed by atoms with Crippen LogP contribution in [0.1, 0.15) is 60.8 Å². The van der Waals surface area contributed by atoms with E-state index in [1.54, 1.807) is 6.92 Å². The van der Waals surface area contributed by atoms with E-state index in [4.69, 9.17) is 4.74 Å². The normalized spacial score (nSPS) is 24.1. The van der Waals surface area contributed by atoms with Crippen LogP contribution in [0.2, 0.25) is 0 Å². The summed E-state index contributed by atoms with van der Waals surface area (Å²) in [6.07, 6.45) is 2.64. The van der Waals surface area contributed by atoms with Crippen LogP contribution in [-0.2, 0) is 4.74 Å². The zero-order chi connectivity index (χ0) is 17.7. The molecule has 1 aliphatic heterocycles. The number of hydrogen-bond donors (Lipinski definition) is 3. The largest absolute Gasteiger partial charge is 0.393 e. The molecular weight excluding hydrogens is 292 g/mol. The molecule has 136 valence electrons. The van der Waals surface area contributed by atoms with Crippen LogP contribution in [0.4, 0.5) is 4.79 Å². The highest BCUT2D eigenvalue weighted by molar-refractivity contribution is 5.73. The molecule has 1 heterocycles. The van der Waals surface area contributed by atoms with Crippen LogP contribution in [0, 0.1) is 16.7 Å². The topological polar surface area (TPSA) is 70.6 Å². The minimum absolute atomic E-state index is 0.0858. The Hall–Kier alpha value is -0.810. The van der Waals surface area contributed by atoms with Crippen molar-refractivity contribution in [1.82, 2.24) is 10.6 Å². The Morgan fingerprint density at radius 1 is 1.26 bits per heavy atom. The van der Waals surface area contributed by atoms with Crippen molar-refractivity contribution in [2.45, 2.75) is 73.0 Å². The van der Waals surface area contributed by atoms with Gasteiger partial charge >= 0.3 is 6.03 Å². The van der Waals surface area contributed by atoms with Crippen molar-refractivity contribution in [3.8, 4) is 0 Å². The van der Waals surface area contributed by atoms with Crippen LogP contribution >= 0.6 is 0 Å². The zero-order valence-corrected chi connectivity index (χ0v) is 15.7. The number of nitrogens with one attached hydrogen (secondary N) is 2. The van der Waals surface area contributed by atoms with Crippen LogP contribution in [0.3, 0.4) is 0 Å². The van der Waals surface area contributed by atoms with E-state index in [9.17, 15) is 9.90 Å². The average molecular weight is 328 g/mol. The third-order valence-corrected chi connectivity index (χ3v) is 4.40. The van der Waals surface area contributed by atoms with Crippen LogP contribution in [-0.4, -0.2) is 43.0 Å². The third-order valence-electron chi connectivity index (χ3n) is 4.40. The lowest BCUT2D eigenvalue weighted by Crippen LogP contribution is -2.48. The fourth-order valence-corrected chi connectivity index (χ4v) is 3.49. The van der Waals surface area contributed by atoms with Gasteiger partial charge in [-0.15, -0.1) is 0 Å². The Bertz CT molecular complexity index is 375. The zero-order valence-electron chi connectivity index (χ0n) is 15.7. The van der Waals surface area contributed by atoms with E-state index >= 15 is 0 Å².